The molecular weight excluding hydrogens is 514 g/mol. The molecule has 4 aliphatic heterocycles. The van der Waals surface area contributed by atoms with E-state index in [1.165, 1.54) is 0 Å². The highest BCUT2D eigenvalue weighted by Crippen LogP contribution is 2.53. The number of esters is 1. The number of amides is 3. The maximum Gasteiger partial charge on any atom is 0.313 e. The van der Waals surface area contributed by atoms with E-state index in [9.17, 15) is 24.3 Å². The first-order valence-corrected chi connectivity index (χ1v) is 14.1. The standard InChI is InChI=1S/C30H37N3O7/c1-20-18-31-23(35)13-6-5-12-22-24(29(38)39-20)25-27(36)33(16-7-8-17-34)26-28(37)32(15-9-14-30(25,26)40-22)19-21-10-3-2-4-11-21/h2-5,9-12,14,20,22,24-26,34H,6-8,13,15-19H2,1H3,(H,31,35)/b12-5-/t20-,22-,24+,25+,26-,30+/m1/s1. The summed E-state index contributed by atoms with van der Waals surface area (Å²) in [5, 5.41) is 12.1. The Hall–Kier alpha value is -3.50. The number of allylic oxidation sites excluding steroid dienone is 1. The average molecular weight is 552 g/mol. The van der Waals surface area contributed by atoms with Gasteiger partial charge in [0.15, 0.2) is 0 Å². The number of cyclic esters (lactones) is 1. The van der Waals surface area contributed by atoms with Crippen LogP contribution in [-0.2, 0) is 35.2 Å². The molecule has 0 aromatic heterocycles. The lowest BCUT2D eigenvalue weighted by Gasteiger charge is -2.35. The first kappa shape index (κ1) is 28.0. The van der Waals surface area contributed by atoms with Gasteiger partial charge in [0.05, 0.1) is 18.6 Å². The minimum atomic E-state index is -1.35. The third-order valence-corrected chi connectivity index (χ3v) is 8.14. The van der Waals surface area contributed by atoms with Gasteiger partial charge in [-0.1, -0.05) is 54.6 Å². The molecule has 0 saturated carbocycles. The number of hydrogen-bond acceptors (Lipinski definition) is 7. The topological polar surface area (TPSA) is 125 Å². The van der Waals surface area contributed by atoms with Crippen molar-refractivity contribution < 1.29 is 33.8 Å². The molecule has 0 bridgehead atoms. The van der Waals surface area contributed by atoms with Crippen LogP contribution in [0.15, 0.2) is 54.6 Å². The molecule has 0 aliphatic carbocycles. The van der Waals surface area contributed by atoms with Gasteiger partial charge in [0, 0.05) is 32.7 Å². The summed E-state index contributed by atoms with van der Waals surface area (Å²) in [6.45, 7) is 2.79. The van der Waals surface area contributed by atoms with Crippen LogP contribution in [0.3, 0.4) is 0 Å². The molecule has 1 aromatic rings. The highest BCUT2D eigenvalue weighted by molar-refractivity contribution is 5.99. The number of aliphatic hydroxyl groups excluding tert-OH is 1. The van der Waals surface area contributed by atoms with Gasteiger partial charge in [0.25, 0.3) is 0 Å². The van der Waals surface area contributed by atoms with Gasteiger partial charge in [-0.05, 0) is 31.7 Å². The number of likely N-dealkylation sites (tertiary alicyclic amines) is 1. The van der Waals surface area contributed by atoms with E-state index in [1.807, 2.05) is 36.4 Å². The zero-order chi connectivity index (χ0) is 28.3. The summed E-state index contributed by atoms with van der Waals surface area (Å²) in [5.41, 5.74) is -0.389. The first-order valence-electron chi connectivity index (χ1n) is 14.1. The van der Waals surface area contributed by atoms with Gasteiger partial charge in [-0.15, -0.1) is 0 Å². The number of fused-ring (bicyclic) bond motifs is 2. The van der Waals surface area contributed by atoms with Gasteiger partial charge < -0.3 is 29.7 Å². The summed E-state index contributed by atoms with van der Waals surface area (Å²) in [6, 6.07) is 8.69. The van der Waals surface area contributed by atoms with E-state index >= 15 is 0 Å². The van der Waals surface area contributed by atoms with Crippen LogP contribution in [0.25, 0.3) is 0 Å². The molecule has 0 radical (unpaired) electrons. The van der Waals surface area contributed by atoms with Gasteiger partial charge in [-0.3, -0.25) is 19.2 Å². The number of benzene rings is 1. The molecule has 10 heteroatoms. The largest absolute Gasteiger partial charge is 0.460 e. The van der Waals surface area contributed by atoms with Crippen molar-refractivity contribution in [1.82, 2.24) is 15.1 Å². The minimum absolute atomic E-state index is 0.0258. The quantitative estimate of drug-likeness (QED) is 0.311. The highest BCUT2D eigenvalue weighted by Gasteiger charge is 2.71. The fourth-order valence-corrected chi connectivity index (χ4v) is 6.29. The molecule has 0 unspecified atom stereocenters. The van der Waals surface area contributed by atoms with E-state index in [0.717, 1.165) is 5.56 Å². The molecule has 40 heavy (non-hydrogen) atoms. The summed E-state index contributed by atoms with van der Waals surface area (Å²) in [6.07, 6.45) is 7.48. The van der Waals surface area contributed by atoms with E-state index in [1.54, 1.807) is 35.0 Å². The number of ether oxygens (including phenoxy) is 2. The maximum absolute atomic E-state index is 14.3. The predicted octanol–water partition coefficient (Wildman–Crippen LogP) is 1.34. The number of carbonyl (C=O) groups is 4. The van der Waals surface area contributed by atoms with Gasteiger partial charge in [0.1, 0.15) is 23.7 Å². The number of hydrogen-bond donors (Lipinski definition) is 2. The molecule has 10 nitrogen and oxygen atoms in total. The van der Waals surface area contributed by atoms with Crippen LogP contribution in [0.5, 0.6) is 0 Å². The predicted molar refractivity (Wildman–Crippen MR) is 144 cm³/mol. The molecular formula is C30H37N3O7. The number of aliphatic hydroxyl groups is 1. The highest BCUT2D eigenvalue weighted by atomic mass is 16.6. The summed E-state index contributed by atoms with van der Waals surface area (Å²) in [5.74, 6) is -3.20. The number of nitrogens with zero attached hydrogens (tertiary/aromatic N) is 2. The molecule has 5 rings (SSSR count). The van der Waals surface area contributed by atoms with Crippen molar-refractivity contribution in [3.63, 3.8) is 0 Å². The van der Waals surface area contributed by atoms with Crippen molar-refractivity contribution >= 4 is 23.7 Å². The van der Waals surface area contributed by atoms with Gasteiger partial charge >= 0.3 is 5.97 Å². The monoisotopic (exact) mass is 551 g/mol. The molecule has 3 amide bonds. The number of rotatable bonds is 6. The Morgan fingerprint density at radius 3 is 2.65 bits per heavy atom. The van der Waals surface area contributed by atoms with Crippen LogP contribution in [0, 0.1) is 11.8 Å². The van der Waals surface area contributed by atoms with E-state index in [2.05, 4.69) is 5.32 Å². The number of nitrogens with one attached hydrogen (secondary N) is 1. The van der Waals surface area contributed by atoms with Gasteiger partial charge in [-0.25, -0.2) is 0 Å². The zero-order valence-electron chi connectivity index (χ0n) is 22.7. The third kappa shape index (κ3) is 5.30. The summed E-state index contributed by atoms with van der Waals surface area (Å²) < 4.78 is 12.4. The van der Waals surface area contributed by atoms with Crippen LogP contribution in [0.4, 0.5) is 0 Å². The van der Waals surface area contributed by atoms with Crippen molar-refractivity contribution in [1.29, 1.82) is 0 Å². The van der Waals surface area contributed by atoms with Crippen LogP contribution < -0.4 is 5.32 Å². The van der Waals surface area contributed by atoms with Crippen LogP contribution >= 0.6 is 0 Å². The van der Waals surface area contributed by atoms with Crippen molar-refractivity contribution in [2.45, 2.75) is 63.0 Å². The molecule has 2 saturated heterocycles. The zero-order valence-corrected chi connectivity index (χ0v) is 22.7. The second kappa shape index (κ2) is 11.9. The Kier molecular flexibility index (Phi) is 8.37. The Bertz CT molecular complexity index is 1190. The molecule has 2 N–H and O–H groups in total. The molecule has 6 atom stereocenters. The smallest absolute Gasteiger partial charge is 0.313 e. The van der Waals surface area contributed by atoms with Crippen molar-refractivity contribution in [3.05, 3.63) is 60.2 Å². The SMILES string of the molecule is C[C@@H]1CNC(=O)CC/C=C\[C@H]2O[C@]34C=CCN(Cc5ccccc5)C(=O)[C@H]3N(CCCCO)C(=O)[C@@H]4[C@H]2C(=O)O1. The van der Waals surface area contributed by atoms with Crippen molar-refractivity contribution in [2.75, 3.05) is 26.2 Å². The lowest BCUT2D eigenvalue weighted by molar-refractivity contribution is -0.158. The summed E-state index contributed by atoms with van der Waals surface area (Å²) >= 11 is 0. The molecule has 214 valence electrons. The Morgan fingerprint density at radius 1 is 1.07 bits per heavy atom. The van der Waals surface area contributed by atoms with Crippen LogP contribution in [0.1, 0.15) is 38.2 Å². The van der Waals surface area contributed by atoms with E-state index in [4.69, 9.17) is 9.47 Å². The lowest BCUT2D eigenvalue weighted by Crippen LogP contribution is -2.55. The van der Waals surface area contributed by atoms with Crippen LogP contribution in [0.2, 0.25) is 0 Å². The fraction of sp³-hybridized carbons (Fsp3) is 0.533. The Labute approximate surface area is 234 Å². The summed E-state index contributed by atoms with van der Waals surface area (Å²) in [4.78, 5) is 57.4. The van der Waals surface area contributed by atoms with Gasteiger partial charge in [0.2, 0.25) is 17.7 Å². The molecule has 4 heterocycles. The molecule has 1 spiro atoms. The van der Waals surface area contributed by atoms with Gasteiger partial charge in [-0.2, -0.15) is 0 Å². The molecule has 2 fully saturated rings. The minimum Gasteiger partial charge on any atom is -0.460 e. The molecule has 4 aliphatic rings. The summed E-state index contributed by atoms with van der Waals surface area (Å²) in [7, 11) is 0. The second-order valence-corrected chi connectivity index (χ2v) is 10.9. The number of unbranched alkanes of at least 4 members (excludes halogenated alkanes) is 1. The second-order valence-electron chi connectivity index (χ2n) is 10.9. The maximum atomic E-state index is 14.3. The third-order valence-electron chi connectivity index (χ3n) is 8.14. The Balaban J connectivity index is 1.53. The Morgan fingerprint density at radius 2 is 1.88 bits per heavy atom. The van der Waals surface area contributed by atoms with E-state index < -0.39 is 41.7 Å². The van der Waals surface area contributed by atoms with E-state index in [0.29, 0.717) is 32.4 Å². The molecule has 1 aromatic carbocycles. The average Bonchev–Trinajstić information content (AvgIpc) is 3.32. The number of carbonyl (C=O) groups excluding carboxylic acids is 4. The van der Waals surface area contributed by atoms with Crippen LogP contribution in [-0.4, -0.2) is 88.7 Å². The van der Waals surface area contributed by atoms with Crippen molar-refractivity contribution in [3.8, 4) is 0 Å². The fourth-order valence-electron chi connectivity index (χ4n) is 6.29. The first-order chi connectivity index (χ1) is 19.4. The van der Waals surface area contributed by atoms with Crippen molar-refractivity contribution in [2.24, 2.45) is 11.8 Å². The lowest BCUT2D eigenvalue weighted by atomic mass is 9.78. The van der Waals surface area contributed by atoms with E-state index in [-0.39, 0.29) is 43.8 Å². The normalized spacial score (nSPS) is 33.2.